The van der Waals surface area contributed by atoms with Gasteiger partial charge < -0.3 is 0 Å². The van der Waals surface area contributed by atoms with Crippen LogP contribution in [0.3, 0.4) is 0 Å². The smallest absolute Gasteiger partial charge is 0.152 e. The van der Waals surface area contributed by atoms with Crippen molar-refractivity contribution in [3.8, 4) is 0 Å². The molecule has 0 aliphatic heterocycles. The first-order chi connectivity index (χ1) is 6.02. The third-order valence-corrected chi connectivity index (χ3v) is 3.87. The van der Waals surface area contributed by atoms with Gasteiger partial charge in [-0.3, -0.25) is 4.18 Å². The van der Waals surface area contributed by atoms with Crippen molar-refractivity contribution in [3.05, 3.63) is 20.9 Å². The van der Waals surface area contributed by atoms with Crippen LogP contribution < -0.4 is 0 Å². The average molecular weight is 218 g/mol. The Bertz CT molecular complexity index is 329. The molecular formula is C9H14O2S2. The van der Waals surface area contributed by atoms with E-state index in [1.807, 2.05) is 0 Å². The standard InChI is InChI=1S/C9H14O2S2/c1-6-7(2)9(12-8(6)3)5-11-13(4)10/h5H2,1-4H3. The molecule has 1 aromatic heterocycles. The van der Waals surface area contributed by atoms with E-state index in [0.717, 1.165) is 0 Å². The summed E-state index contributed by atoms with van der Waals surface area (Å²) in [6, 6.07) is 0. The molecule has 1 atom stereocenters. The van der Waals surface area contributed by atoms with E-state index in [2.05, 4.69) is 20.8 Å². The molecule has 74 valence electrons. The fraction of sp³-hybridized carbons (Fsp3) is 0.556. The maximum absolute atomic E-state index is 10.7. The Labute approximate surface area is 85.6 Å². The third-order valence-electron chi connectivity index (χ3n) is 2.14. The molecule has 0 aromatic carbocycles. The molecule has 2 nitrogen and oxygen atoms in total. The predicted molar refractivity (Wildman–Crippen MR) is 57.4 cm³/mol. The first-order valence-electron chi connectivity index (χ1n) is 4.04. The van der Waals surface area contributed by atoms with Crippen LogP contribution in [0, 0.1) is 20.8 Å². The van der Waals surface area contributed by atoms with Crippen LogP contribution >= 0.6 is 11.3 Å². The van der Waals surface area contributed by atoms with Gasteiger partial charge in [0.25, 0.3) is 0 Å². The zero-order chi connectivity index (χ0) is 10.0. The second-order valence-electron chi connectivity index (χ2n) is 2.99. The summed E-state index contributed by atoms with van der Waals surface area (Å²) in [5, 5.41) is 0. The minimum absolute atomic E-state index is 0.467. The van der Waals surface area contributed by atoms with Crippen LogP contribution in [0.2, 0.25) is 0 Å². The topological polar surface area (TPSA) is 26.3 Å². The molecule has 0 aliphatic rings. The van der Waals surface area contributed by atoms with E-state index in [0.29, 0.717) is 6.61 Å². The molecule has 0 N–H and O–H groups in total. The monoisotopic (exact) mass is 218 g/mol. The molecule has 4 heteroatoms. The molecule has 0 spiro atoms. The largest absolute Gasteiger partial charge is 0.285 e. The number of rotatable bonds is 3. The van der Waals surface area contributed by atoms with Crippen LogP contribution in [0.5, 0.6) is 0 Å². The SMILES string of the molecule is Cc1sc(COS(C)=O)c(C)c1C. The first kappa shape index (κ1) is 10.9. The summed E-state index contributed by atoms with van der Waals surface area (Å²) < 4.78 is 15.8. The van der Waals surface area contributed by atoms with Crippen LogP contribution in [-0.4, -0.2) is 10.5 Å². The van der Waals surface area contributed by atoms with Crippen molar-refractivity contribution in [2.24, 2.45) is 0 Å². The fourth-order valence-corrected chi connectivity index (χ4v) is 2.54. The van der Waals surface area contributed by atoms with Gasteiger partial charge in [0, 0.05) is 16.0 Å². The molecule has 0 fully saturated rings. The normalized spacial score (nSPS) is 13.2. The van der Waals surface area contributed by atoms with E-state index < -0.39 is 11.1 Å². The molecular weight excluding hydrogens is 204 g/mol. The van der Waals surface area contributed by atoms with Crippen molar-refractivity contribution in [3.63, 3.8) is 0 Å². The quantitative estimate of drug-likeness (QED) is 0.779. The van der Waals surface area contributed by atoms with E-state index >= 15 is 0 Å². The first-order valence-corrected chi connectivity index (χ1v) is 6.34. The van der Waals surface area contributed by atoms with E-state index in [1.165, 1.54) is 20.9 Å². The molecule has 0 radical (unpaired) electrons. The lowest BCUT2D eigenvalue weighted by Crippen LogP contribution is -1.94. The summed E-state index contributed by atoms with van der Waals surface area (Å²) in [4.78, 5) is 2.50. The summed E-state index contributed by atoms with van der Waals surface area (Å²) in [5.41, 5.74) is 2.60. The van der Waals surface area contributed by atoms with Crippen molar-refractivity contribution in [2.45, 2.75) is 27.4 Å². The highest BCUT2D eigenvalue weighted by Crippen LogP contribution is 2.27. The summed E-state index contributed by atoms with van der Waals surface area (Å²) >= 11 is 0.559. The Kier molecular flexibility index (Phi) is 3.64. The number of aryl methyl sites for hydroxylation is 1. The third kappa shape index (κ3) is 2.62. The van der Waals surface area contributed by atoms with Gasteiger partial charge in [-0.05, 0) is 31.9 Å². The van der Waals surface area contributed by atoms with E-state index in [9.17, 15) is 4.21 Å². The summed E-state index contributed by atoms with van der Waals surface area (Å²) in [5.74, 6) is 0. The number of thiophene rings is 1. The maximum atomic E-state index is 10.7. The molecule has 0 amide bonds. The van der Waals surface area contributed by atoms with E-state index in [-0.39, 0.29) is 0 Å². The predicted octanol–water partition coefficient (Wildman–Crippen LogP) is 2.48. The summed E-state index contributed by atoms with van der Waals surface area (Å²) in [6.45, 7) is 6.75. The lowest BCUT2D eigenvalue weighted by Gasteiger charge is -1.98. The van der Waals surface area contributed by atoms with Crippen molar-refractivity contribution < 1.29 is 8.39 Å². The number of hydrogen-bond donors (Lipinski definition) is 0. The Balaban J connectivity index is 2.78. The minimum atomic E-state index is -1.17. The van der Waals surface area contributed by atoms with Crippen LogP contribution in [0.15, 0.2) is 0 Å². The molecule has 1 rings (SSSR count). The summed E-state index contributed by atoms with van der Waals surface area (Å²) in [6.07, 6.45) is 1.54. The molecule has 1 aromatic rings. The molecule has 0 aliphatic carbocycles. The van der Waals surface area contributed by atoms with Crippen LogP contribution in [0.1, 0.15) is 20.9 Å². The van der Waals surface area contributed by atoms with Gasteiger partial charge in [-0.1, -0.05) is 0 Å². The maximum Gasteiger partial charge on any atom is 0.152 e. The lowest BCUT2D eigenvalue weighted by molar-refractivity contribution is 0.343. The van der Waals surface area contributed by atoms with Gasteiger partial charge in [0.2, 0.25) is 0 Å². The van der Waals surface area contributed by atoms with Crippen LogP contribution in [0.25, 0.3) is 0 Å². The van der Waals surface area contributed by atoms with E-state index in [1.54, 1.807) is 17.6 Å². The van der Waals surface area contributed by atoms with Gasteiger partial charge in [-0.2, -0.15) is 0 Å². The Hall–Kier alpha value is -0.190. The van der Waals surface area contributed by atoms with Crippen LogP contribution in [0.4, 0.5) is 0 Å². The lowest BCUT2D eigenvalue weighted by atomic mass is 10.1. The second-order valence-corrected chi connectivity index (χ2v) is 5.34. The average Bonchev–Trinajstić information content (AvgIpc) is 2.29. The molecule has 0 saturated carbocycles. The zero-order valence-corrected chi connectivity index (χ0v) is 9.97. The number of hydrogen-bond acceptors (Lipinski definition) is 3. The van der Waals surface area contributed by atoms with E-state index in [4.69, 9.17) is 4.18 Å². The van der Waals surface area contributed by atoms with Crippen molar-refractivity contribution >= 4 is 22.4 Å². The van der Waals surface area contributed by atoms with Gasteiger partial charge in [0.1, 0.15) is 0 Å². The van der Waals surface area contributed by atoms with Gasteiger partial charge in [-0.25, -0.2) is 4.21 Å². The summed E-state index contributed by atoms with van der Waals surface area (Å²) in [7, 11) is 0. The van der Waals surface area contributed by atoms with Gasteiger partial charge in [0.05, 0.1) is 6.61 Å². The molecule has 0 bridgehead atoms. The Morgan fingerprint density at radius 1 is 1.31 bits per heavy atom. The molecule has 13 heavy (non-hydrogen) atoms. The Morgan fingerprint density at radius 3 is 2.31 bits per heavy atom. The van der Waals surface area contributed by atoms with Gasteiger partial charge >= 0.3 is 0 Å². The van der Waals surface area contributed by atoms with Crippen molar-refractivity contribution in [1.29, 1.82) is 0 Å². The van der Waals surface area contributed by atoms with Gasteiger partial charge in [-0.15, -0.1) is 11.3 Å². The highest BCUT2D eigenvalue weighted by Gasteiger charge is 2.08. The molecule has 1 unspecified atom stereocenters. The highest BCUT2D eigenvalue weighted by molar-refractivity contribution is 7.79. The van der Waals surface area contributed by atoms with Crippen molar-refractivity contribution in [2.75, 3.05) is 6.26 Å². The highest BCUT2D eigenvalue weighted by atomic mass is 32.2. The molecule has 0 saturated heterocycles. The Morgan fingerprint density at radius 2 is 1.92 bits per heavy atom. The van der Waals surface area contributed by atoms with Gasteiger partial charge in [0.15, 0.2) is 11.1 Å². The zero-order valence-electron chi connectivity index (χ0n) is 8.34. The van der Waals surface area contributed by atoms with Crippen LogP contribution in [-0.2, 0) is 21.9 Å². The minimum Gasteiger partial charge on any atom is -0.285 e. The molecule has 1 heterocycles. The van der Waals surface area contributed by atoms with Crippen molar-refractivity contribution in [1.82, 2.24) is 0 Å². The second kappa shape index (κ2) is 4.35. The fourth-order valence-electron chi connectivity index (χ4n) is 1.09.